The topological polar surface area (TPSA) is 92.7 Å². The minimum absolute atomic E-state index is 0.0974. The van der Waals surface area contributed by atoms with E-state index in [0.29, 0.717) is 9.90 Å². The highest BCUT2D eigenvalue weighted by molar-refractivity contribution is 7.91. The molecule has 1 aromatic rings. The van der Waals surface area contributed by atoms with Crippen LogP contribution in [0.25, 0.3) is 0 Å². The van der Waals surface area contributed by atoms with Gasteiger partial charge in [-0.15, -0.1) is 11.3 Å². The third kappa shape index (κ3) is 4.73. The summed E-state index contributed by atoms with van der Waals surface area (Å²) in [5.74, 6) is -1.05. The molecule has 19 heavy (non-hydrogen) atoms. The lowest BCUT2D eigenvalue weighted by atomic mass is 10.2. The molecule has 0 saturated heterocycles. The van der Waals surface area contributed by atoms with E-state index in [1.807, 2.05) is 0 Å². The maximum absolute atomic E-state index is 11.9. The van der Waals surface area contributed by atoms with E-state index in [9.17, 15) is 13.2 Å². The molecular formula is C10H14ClNO5S2. The van der Waals surface area contributed by atoms with Crippen LogP contribution in [0.4, 0.5) is 0 Å². The number of hydrogen-bond acceptors (Lipinski definition) is 5. The molecule has 0 saturated carbocycles. The summed E-state index contributed by atoms with van der Waals surface area (Å²) in [4.78, 5) is 10.5. The Morgan fingerprint density at radius 2 is 2.26 bits per heavy atom. The first-order valence-electron chi connectivity index (χ1n) is 5.26. The minimum atomic E-state index is -3.69. The zero-order valence-corrected chi connectivity index (χ0v) is 12.7. The van der Waals surface area contributed by atoms with Crippen LogP contribution in [0.15, 0.2) is 10.3 Å². The monoisotopic (exact) mass is 327 g/mol. The maximum atomic E-state index is 11.9. The van der Waals surface area contributed by atoms with Crippen LogP contribution in [0.3, 0.4) is 0 Å². The van der Waals surface area contributed by atoms with Gasteiger partial charge in [-0.25, -0.2) is 13.1 Å². The van der Waals surface area contributed by atoms with Gasteiger partial charge in [0.2, 0.25) is 10.0 Å². The first kappa shape index (κ1) is 16.4. The normalized spacial score (nSPS) is 13.4. The number of hydrogen-bond donors (Lipinski definition) is 2. The molecule has 9 heteroatoms. The van der Waals surface area contributed by atoms with E-state index in [-0.39, 0.29) is 17.2 Å². The molecule has 0 fully saturated rings. The molecular weight excluding hydrogens is 314 g/mol. The Balaban J connectivity index is 2.72. The van der Waals surface area contributed by atoms with Gasteiger partial charge in [-0.2, -0.15) is 0 Å². The lowest BCUT2D eigenvalue weighted by Gasteiger charge is -2.13. The lowest BCUT2D eigenvalue weighted by Crippen LogP contribution is -2.34. The van der Waals surface area contributed by atoms with Gasteiger partial charge in [0.15, 0.2) is 0 Å². The van der Waals surface area contributed by atoms with E-state index in [2.05, 4.69) is 4.72 Å². The van der Waals surface area contributed by atoms with E-state index < -0.39 is 22.1 Å². The fraction of sp³-hybridized carbons (Fsp3) is 0.500. The number of carbonyl (C=O) groups is 1. The van der Waals surface area contributed by atoms with E-state index in [1.165, 1.54) is 13.2 Å². The smallest absolute Gasteiger partial charge is 0.306 e. The van der Waals surface area contributed by atoms with Gasteiger partial charge in [-0.05, 0) is 18.6 Å². The van der Waals surface area contributed by atoms with Gasteiger partial charge in [0, 0.05) is 13.7 Å². The largest absolute Gasteiger partial charge is 0.481 e. The maximum Gasteiger partial charge on any atom is 0.306 e. The highest BCUT2D eigenvalue weighted by Gasteiger charge is 2.21. The number of nitrogens with one attached hydrogen (secondary N) is 1. The summed E-state index contributed by atoms with van der Waals surface area (Å²) in [6.45, 7) is 1.60. The molecule has 1 unspecified atom stereocenters. The molecule has 0 aliphatic rings. The summed E-state index contributed by atoms with van der Waals surface area (Å²) in [6, 6.07) is 1.47. The molecule has 0 aromatic carbocycles. The SMILES string of the molecule is COC(CNS(=O)(=O)c1cc(C)c(Cl)s1)CC(=O)O. The Morgan fingerprint density at radius 1 is 1.63 bits per heavy atom. The van der Waals surface area contributed by atoms with Crippen molar-refractivity contribution < 1.29 is 23.1 Å². The number of rotatable bonds is 7. The molecule has 0 radical (unpaired) electrons. The molecule has 0 bridgehead atoms. The molecule has 1 rings (SSSR count). The number of thiophene rings is 1. The second-order valence-corrected chi connectivity index (χ2v) is 7.48. The summed E-state index contributed by atoms with van der Waals surface area (Å²) in [7, 11) is -2.36. The first-order valence-corrected chi connectivity index (χ1v) is 7.94. The Morgan fingerprint density at radius 3 is 2.68 bits per heavy atom. The highest BCUT2D eigenvalue weighted by Crippen LogP contribution is 2.29. The van der Waals surface area contributed by atoms with Crippen molar-refractivity contribution >= 4 is 38.9 Å². The average molecular weight is 328 g/mol. The summed E-state index contributed by atoms with van der Waals surface area (Å²) < 4.78 is 31.6. The van der Waals surface area contributed by atoms with Crippen LogP contribution in [0, 0.1) is 6.92 Å². The summed E-state index contributed by atoms with van der Waals surface area (Å²) in [6.07, 6.45) is -0.993. The van der Waals surface area contributed by atoms with Gasteiger partial charge in [0.25, 0.3) is 0 Å². The molecule has 1 heterocycles. The number of aryl methyl sites for hydroxylation is 1. The van der Waals surface area contributed by atoms with Crippen molar-refractivity contribution in [1.29, 1.82) is 0 Å². The quantitative estimate of drug-likeness (QED) is 0.791. The van der Waals surface area contributed by atoms with Crippen LogP contribution < -0.4 is 4.72 Å². The third-order valence-electron chi connectivity index (χ3n) is 2.34. The summed E-state index contributed by atoms with van der Waals surface area (Å²) >= 11 is 6.77. The fourth-order valence-corrected chi connectivity index (χ4v) is 4.09. The number of aliphatic carboxylic acids is 1. The Hall–Kier alpha value is -0.670. The van der Waals surface area contributed by atoms with Gasteiger partial charge < -0.3 is 9.84 Å². The Kier molecular flexibility index (Phi) is 5.75. The molecule has 0 aliphatic heterocycles. The van der Waals surface area contributed by atoms with E-state index in [4.69, 9.17) is 21.4 Å². The van der Waals surface area contributed by atoms with Gasteiger partial charge in [-0.1, -0.05) is 11.6 Å². The first-order chi connectivity index (χ1) is 8.76. The summed E-state index contributed by atoms with van der Waals surface area (Å²) in [5, 5.41) is 8.63. The predicted molar refractivity (Wildman–Crippen MR) is 72.3 cm³/mol. The van der Waals surface area contributed by atoms with Crippen molar-refractivity contribution in [3.8, 4) is 0 Å². The lowest BCUT2D eigenvalue weighted by molar-refractivity contribution is -0.139. The van der Waals surface area contributed by atoms with E-state index >= 15 is 0 Å². The van der Waals surface area contributed by atoms with Crippen molar-refractivity contribution in [3.63, 3.8) is 0 Å². The second-order valence-electron chi connectivity index (χ2n) is 3.83. The van der Waals surface area contributed by atoms with E-state index in [0.717, 1.165) is 11.3 Å². The van der Waals surface area contributed by atoms with Crippen LogP contribution in [-0.2, 0) is 19.6 Å². The third-order valence-corrected chi connectivity index (χ3v) is 5.79. The zero-order valence-electron chi connectivity index (χ0n) is 10.3. The number of carboxylic acids is 1. The zero-order chi connectivity index (χ0) is 14.6. The van der Waals surface area contributed by atoms with Gasteiger partial charge in [0.1, 0.15) is 4.21 Å². The molecule has 1 aromatic heterocycles. The van der Waals surface area contributed by atoms with Crippen LogP contribution in [-0.4, -0.2) is 39.3 Å². The number of carboxylic acid groups (broad SMARTS) is 1. The fourth-order valence-electron chi connectivity index (χ4n) is 1.27. The molecule has 1 atom stereocenters. The Bertz CT molecular complexity index is 535. The van der Waals surface area contributed by atoms with Crippen LogP contribution in [0.1, 0.15) is 12.0 Å². The van der Waals surface area contributed by atoms with Gasteiger partial charge >= 0.3 is 5.97 Å². The van der Waals surface area contributed by atoms with Crippen LogP contribution in [0.5, 0.6) is 0 Å². The molecule has 2 N–H and O–H groups in total. The number of sulfonamides is 1. The number of methoxy groups -OCH3 is 1. The van der Waals surface area contributed by atoms with Crippen molar-refractivity contribution in [2.45, 2.75) is 23.7 Å². The number of ether oxygens (including phenoxy) is 1. The van der Waals surface area contributed by atoms with Crippen molar-refractivity contribution in [3.05, 3.63) is 16.0 Å². The highest BCUT2D eigenvalue weighted by atomic mass is 35.5. The van der Waals surface area contributed by atoms with Crippen LogP contribution in [0.2, 0.25) is 4.34 Å². The Labute approximate surface area is 120 Å². The molecule has 108 valence electrons. The molecule has 6 nitrogen and oxygen atoms in total. The number of halogens is 1. The van der Waals surface area contributed by atoms with Crippen molar-refractivity contribution in [1.82, 2.24) is 4.72 Å². The van der Waals surface area contributed by atoms with E-state index in [1.54, 1.807) is 6.92 Å². The molecule has 0 aliphatic carbocycles. The van der Waals surface area contributed by atoms with Crippen LogP contribution >= 0.6 is 22.9 Å². The predicted octanol–water partition coefficient (Wildman–Crippen LogP) is 1.48. The minimum Gasteiger partial charge on any atom is -0.481 e. The van der Waals surface area contributed by atoms with Crippen molar-refractivity contribution in [2.75, 3.05) is 13.7 Å². The molecule has 0 amide bonds. The standard InChI is InChI=1S/C10H14ClNO5S2/c1-6-3-9(18-10(6)11)19(15,16)12-5-7(17-2)4-8(13)14/h3,7,12H,4-5H2,1-2H3,(H,13,14). The van der Waals surface area contributed by atoms with Crippen molar-refractivity contribution in [2.24, 2.45) is 0 Å². The summed E-state index contributed by atoms with van der Waals surface area (Å²) in [5.41, 5.74) is 0.681. The molecule has 0 spiro atoms. The van der Waals surface area contributed by atoms with Gasteiger partial charge in [-0.3, -0.25) is 4.79 Å². The van der Waals surface area contributed by atoms with Gasteiger partial charge in [0.05, 0.1) is 16.9 Å². The second kappa shape index (κ2) is 6.67. The average Bonchev–Trinajstić information content (AvgIpc) is 2.65.